The van der Waals surface area contributed by atoms with Crippen LogP contribution in [0.5, 0.6) is 5.75 Å². The molecule has 11 heteroatoms. The SMILES string of the molecule is CCCCn1nc(C(C)(C)C)s/c1=N\C(=O)c1cc(C(F)(F)F)ccc1O/N=C(\N)CC. The van der Waals surface area contributed by atoms with Crippen molar-refractivity contribution in [3.63, 3.8) is 0 Å². The van der Waals surface area contributed by atoms with Gasteiger partial charge in [0, 0.05) is 18.4 Å². The molecule has 0 saturated carbocycles. The van der Waals surface area contributed by atoms with Crippen molar-refractivity contribution in [2.24, 2.45) is 15.9 Å². The maximum atomic E-state index is 13.3. The normalized spacial score (nSPS) is 13.5. The van der Waals surface area contributed by atoms with E-state index in [0.717, 1.165) is 30.0 Å². The molecule has 1 heterocycles. The van der Waals surface area contributed by atoms with Crippen LogP contribution in [-0.4, -0.2) is 21.5 Å². The third kappa shape index (κ3) is 6.65. The first kappa shape index (κ1) is 25.6. The zero-order chi connectivity index (χ0) is 24.1. The van der Waals surface area contributed by atoms with E-state index in [1.165, 1.54) is 11.3 Å². The number of unbranched alkanes of at least 4 members (excludes halogenated alkanes) is 1. The standard InChI is InChI=1S/C21H28F3N5O2S/c1-6-8-11-29-19(32-18(27-29)20(3,4)5)26-17(30)14-12-13(21(22,23)24)9-10-15(14)31-28-16(25)7-2/h9-10,12H,6-8,11H2,1-5H3,(H2,25,28)/b26-19-. The van der Waals surface area contributed by atoms with E-state index in [4.69, 9.17) is 10.6 Å². The topological polar surface area (TPSA) is 94.9 Å². The van der Waals surface area contributed by atoms with E-state index in [0.29, 0.717) is 23.8 Å². The zero-order valence-electron chi connectivity index (χ0n) is 18.8. The molecule has 0 aliphatic rings. The van der Waals surface area contributed by atoms with E-state index in [1.807, 2.05) is 27.7 Å². The van der Waals surface area contributed by atoms with Crippen molar-refractivity contribution in [3.8, 4) is 5.75 Å². The minimum atomic E-state index is -4.63. The Morgan fingerprint density at radius 3 is 2.50 bits per heavy atom. The van der Waals surface area contributed by atoms with E-state index in [9.17, 15) is 18.0 Å². The van der Waals surface area contributed by atoms with Gasteiger partial charge in [0.15, 0.2) is 5.75 Å². The Balaban J connectivity index is 2.59. The van der Waals surface area contributed by atoms with E-state index in [1.54, 1.807) is 11.6 Å². The summed E-state index contributed by atoms with van der Waals surface area (Å²) in [6, 6.07) is 2.56. The lowest BCUT2D eigenvalue weighted by Crippen LogP contribution is -2.19. The summed E-state index contributed by atoms with van der Waals surface area (Å²) in [6.45, 7) is 10.2. The predicted octanol–water partition coefficient (Wildman–Crippen LogP) is 4.86. The molecular weight excluding hydrogens is 443 g/mol. The third-order valence-corrected chi connectivity index (χ3v) is 5.72. The van der Waals surface area contributed by atoms with Gasteiger partial charge in [0.25, 0.3) is 5.91 Å². The number of alkyl halides is 3. The number of benzene rings is 1. The Morgan fingerprint density at radius 1 is 1.25 bits per heavy atom. The Kier molecular flexibility index (Phi) is 8.22. The number of halogens is 3. The molecule has 0 fully saturated rings. The molecule has 32 heavy (non-hydrogen) atoms. The highest BCUT2D eigenvalue weighted by Gasteiger charge is 2.32. The van der Waals surface area contributed by atoms with Crippen LogP contribution >= 0.6 is 11.3 Å². The summed E-state index contributed by atoms with van der Waals surface area (Å²) in [7, 11) is 0. The summed E-state index contributed by atoms with van der Waals surface area (Å²) in [5.74, 6) is -0.913. The smallest absolute Gasteiger partial charge is 0.384 e. The molecule has 176 valence electrons. The first-order valence-electron chi connectivity index (χ1n) is 10.2. The molecule has 1 aromatic heterocycles. The number of nitrogens with zero attached hydrogens (tertiary/aromatic N) is 4. The molecule has 0 aliphatic heterocycles. The summed E-state index contributed by atoms with van der Waals surface area (Å²) < 4.78 is 41.4. The van der Waals surface area contributed by atoms with Gasteiger partial charge in [-0.1, -0.05) is 57.5 Å². The lowest BCUT2D eigenvalue weighted by Gasteiger charge is -2.12. The number of amidine groups is 1. The lowest BCUT2D eigenvalue weighted by atomic mass is 9.98. The fraction of sp³-hybridized carbons (Fsp3) is 0.524. The monoisotopic (exact) mass is 471 g/mol. The van der Waals surface area contributed by atoms with Crippen LogP contribution in [0, 0.1) is 0 Å². The summed E-state index contributed by atoms with van der Waals surface area (Å²) in [6.07, 6.45) is -2.53. The number of rotatable bonds is 7. The highest BCUT2D eigenvalue weighted by atomic mass is 32.1. The summed E-state index contributed by atoms with van der Waals surface area (Å²) >= 11 is 1.23. The largest absolute Gasteiger partial charge is 0.416 e. The quantitative estimate of drug-likeness (QED) is 0.354. The van der Waals surface area contributed by atoms with Gasteiger partial charge in [-0.15, -0.1) is 0 Å². The van der Waals surface area contributed by atoms with Crippen LogP contribution in [0.15, 0.2) is 28.3 Å². The molecule has 0 bridgehead atoms. The van der Waals surface area contributed by atoms with Crippen LogP contribution in [-0.2, 0) is 18.1 Å². The highest BCUT2D eigenvalue weighted by Crippen LogP contribution is 2.33. The van der Waals surface area contributed by atoms with Gasteiger partial charge in [-0.05, 0) is 24.6 Å². The second kappa shape index (κ2) is 10.3. The Bertz CT molecular complexity index is 1050. The summed E-state index contributed by atoms with van der Waals surface area (Å²) in [5, 5.41) is 8.97. The minimum absolute atomic E-state index is 0.134. The molecule has 0 spiro atoms. The molecule has 7 nitrogen and oxygen atoms in total. The van der Waals surface area contributed by atoms with Gasteiger partial charge < -0.3 is 10.6 Å². The lowest BCUT2D eigenvalue weighted by molar-refractivity contribution is -0.137. The molecule has 0 radical (unpaired) electrons. The zero-order valence-corrected chi connectivity index (χ0v) is 19.6. The van der Waals surface area contributed by atoms with Crippen LogP contribution in [0.3, 0.4) is 0 Å². The van der Waals surface area contributed by atoms with Gasteiger partial charge in [-0.25, -0.2) is 4.68 Å². The van der Waals surface area contributed by atoms with Gasteiger partial charge >= 0.3 is 6.18 Å². The van der Waals surface area contributed by atoms with Crippen LogP contribution in [0.4, 0.5) is 13.2 Å². The van der Waals surface area contributed by atoms with E-state index >= 15 is 0 Å². The van der Waals surface area contributed by atoms with Crippen molar-refractivity contribution >= 4 is 23.1 Å². The van der Waals surface area contributed by atoms with Gasteiger partial charge in [-0.3, -0.25) is 4.79 Å². The van der Waals surface area contributed by atoms with Crippen molar-refractivity contribution in [2.45, 2.75) is 72.0 Å². The Morgan fingerprint density at radius 2 is 1.94 bits per heavy atom. The molecule has 1 aromatic carbocycles. The van der Waals surface area contributed by atoms with Gasteiger partial charge in [0.1, 0.15) is 10.8 Å². The molecule has 0 unspecified atom stereocenters. The fourth-order valence-electron chi connectivity index (χ4n) is 2.42. The maximum absolute atomic E-state index is 13.3. The molecule has 0 saturated heterocycles. The first-order chi connectivity index (χ1) is 14.9. The second-order valence-electron chi connectivity index (χ2n) is 8.17. The van der Waals surface area contributed by atoms with E-state index in [-0.39, 0.29) is 22.6 Å². The van der Waals surface area contributed by atoms with Crippen LogP contribution in [0.2, 0.25) is 0 Å². The Labute approximate surface area is 188 Å². The molecule has 0 atom stereocenters. The van der Waals surface area contributed by atoms with Crippen molar-refractivity contribution in [3.05, 3.63) is 39.1 Å². The number of carbonyl (C=O) groups excluding carboxylic acids is 1. The number of aromatic nitrogens is 2. The van der Waals surface area contributed by atoms with Gasteiger partial charge in [0.05, 0.1) is 11.1 Å². The van der Waals surface area contributed by atoms with Crippen LogP contribution in [0.1, 0.15) is 74.8 Å². The van der Waals surface area contributed by atoms with Gasteiger partial charge in [-0.2, -0.15) is 23.3 Å². The Hall–Kier alpha value is -2.69. The van der Waals surface area contributed by atoms with Crippen molar-refractivity contribution in [1.82, 2.24) is 9.78 Å². The third-order valence-electron chi connectivity index (χ3n) is 4.34. The minimum Gasteiger partial charge on any atom is -0.384 e. The molecule has 2 rings (SSSR count). The van der Waals surface area contributed by atoms with Gasteiger partial charge in [0.2, 0.25) is 4.80 Å². The number of oxime groups is 1. The average molecular weight is 472 g/mol. The fourth-order valence-corrected chi connectivity index (χ4v) is 3.41. The van der Waals surface area contributed by atoms with Crippen LogP contribution in [0.25, 0.3) is 0 Å². The van der Waals surface area contributed by atoms with Crippen molar-refractivity contribution in [2.75, 3.05) is 0 Å². The number of hydrogen-bond donors (Lipinski definition) is 1. The highest BCUT2D eigenvalue weighted by molar-refractivity contribution is 7.09. The molecule has 2 aromatic rings. The average Bonchev–Trinajstić information content (AvgIpc) is 3.12. The maximum Gasteiger partial charge on any atom is 0.416 e. The summed E-state index contributed by atoms with van der Waals surface area (Å²) in [4.78, 5) is 22.6. The van der Waals surface area contributed by atoms with Crippen molar-refractivity contribution in [1.29, 1.82) is 0 Å². The van der Waals surface area contributed by atoms with Crippen molar-refractivity contribution < 1.29 is 22.8 Å². The van der Waals surface area contributed by atoms with E-state index in [2.05, 4.69) is 15.2 Å². The molecule has 1 amide bonds. The number of hydrogen-bond acceptors (Lipinski definition) is 5. The number of nitrogens with two attached hydrogens (primary N) is 1. The van der Waals surface area contributed by atoms with E-state index < -0.39 is 17.6 Å². The molecule has 2 N–H and O–H groups in total. The number of carbonyl (C=O) groups is 1. The number of aryl methyl sites for hydroxylation is 1. The summed E-state index contributed by atoms with van der Waals surface area (Å²) in [5.41, 5.74) is 3.98. The molecular formula is C21H28F3N5O2S. The predicted molar refractivity (Wildman–Crippen MR) is 118 cm³/mol. The first-order valence-corrected chi connectivity index (χ1v) is 11.1. The van der Waals surface area contributed by atoms with Crippen LogP contribution < -0.4 is 15.4 Å². The molecule has 0 aliphatic carbocycles. The number of amides is 1. The second-order valence-corrected chi connectivity index (χ2v) is 9.13.